The fraction of sp³-hybridized carbons (Fsp3) is 0.844. The average Bonchev–Trinajstić information content (AvgIpc) is 3.34. The molecule has 45 heavy (non-hydrogen) atoms. The van der Waals surface area contributed by atoms with E-state index in [1.54, 1.807) is 6.92 Å². The summed E-state index contributed by atoms with van der Waals surface area (Å²) in [6, 6.07) is 0. The van der Waals surface area contributed by atoms with Gasteiger partial charge in [0.2, 0.25) is 5.91 Å². The number of nitrogens with zero attached hydrogens (tertiary/aromatic N) is 1. The fourth-order valence-corrected chi connectivity index (χ4v) is 6.21. The lowest BCUT2D eigenvalue weighted by molar-refractivity contribution is -0.121. The molecule has 260 valence electrons. The van der Waals surface area contributed by atoms with Crippen molar-refractivity contribution >= 4 is 14.4 Å². The summed E-state index contributed by atoms with van der Waals surface area (Å²) in [5.41, 5.74) is 4.61. The van der Waals surface area contributed by atoms with Crippen LogP contribution in [0.4, 0.5) is 0 Å². The van der Waals surface area contributed by atoms with E-state index in [0.717, 1.165) is 32.1 Å². The number of rotatable bonds is 26. The summed E-state index contributed by atoms with van der Waals surface area (Å²) in [4.78, 5) is 48.4. The van der Waals surface area contributed by atoms with Gasteiger partial charge in [0.25, 0.3) is 14.1 Å². The van der Waals surface area contributed by atoms with E-state index in [-0.39, 0.29) is 5.91 Å². The van der Waals surface area contributed by atoms with Gasteiger partial charge in [-0.25, -0.2) is 4.79 Å². The maximum atomic E-state index is 12.5. The van der Waals surface area contributed by atoms with Crippen LogP contribution >= 0.6 is 8.53 Å². The number of carbonyl (C=O) groups is 1. The molecule has 12 nitrogen and oxygen atoms in total. The number of aromatic amines is 1. The lowest BCUT2D eigenvalue weighted by atomic mass is 10.0. The Kier molecular flexibility index (Phi) is 20.7. The van der Waals surface area contributed by atoms with Gasteiger partial charge in [-0.05, 0) is 26.2 Å². The zero-order valence-electron chi connectivity index (χ0n) is 27.6. The van der Waals surface area contributed by atoms with Crippen molar-refractivity contribution < 1.29 is 28.8 Å². The second-order valence-electron chi connectivity index (χ2n) is 12.2. The molecule has 1 aliphatic heterocycles. The van der Waals surface area contributed by atoms with Crippen molar-refractivity contribution in [3.8, 4) is 0 Å². The Bertz CT molecular complexity index is 1050. The Morgan fingerprint density at radius 1 is 0.956 bits per heavy atom. The molecule has 0 saturated carbocycles. The number of carbonyl (C=O) groups excluding carboxylic acids is 1. The van der Waals surface area contributed by atoms with Crippen molar-refractivity contribution in [2.75, 3.05) is 19.8 Å². The maximum absolute atomic E-state index is 12.5. The lowest BCUT2D eigenvalue weighted by Gasteiger charge is -2.25. The van der Waals surface area contributed by atoms with Crippen LogP contribution in [0.5, 0.6) is 0 Å². The van der Waals surface area contributed by atoms with Crippen LogP contribution in [0.15, 0.2) is 15.8 Å². The number of unbranched alkanes of at least 4 members (excludes halogenated alkanes) is 15. The average molecular weight is 659 g/mol. The van der Waals surface area contributed by atoms with Crippen LogP contribution in [-0.2, 0) is 18.8 Å². The SMILES string of the molecule is CCCCCCCCCCCCCCCC(=O)NCCCCCCO[C@@H]1[C@H](OP(N)O)[C@@H](CO)O[C@H]1n1cc(C)c(=O)[nH]c1=O. The van der Waals surface area contributed by atoms with Crippen molar-refractivity contribution in [3.63, 3.8) is 0 Å². The van der Waals surface area contributed by atoms with Gasteiger partial charge >= 0.3 is 5.69 Å². The molecular weight excluding hydrogens is 599 g/mol. The van der Waals surface area contributed by atoms with E-state index in [1.807, 2.05) is 0 Å². The molecule has 1 unspecified atom stereocenters. The maximum Gasteiger partial charge on any atom is 0.330 e. The zero-order valence-corrected chi connectivity index (χ0v) is 28.4. The summed E-state index contributed by atoms with van der Waals surface area (Å²) >= 11 is 0. The highest BCUT2D eigenvalue weighted by atomic mass is 31.2. The molecule has 2 heterocycles. The number of aliphatic hydroxyl groups is 1. The van der Waals surface area contributed by atoms with Crippen LogP contribution in [0.25, 0.3) is 0 Å². The molecule has 1 amide bonds. The van der Waals surface area contributed by atoms with E-state index in [0.29, 0.717) is 31.6 Å². The van der Waals surface area contributed by atoms with E-state index < -0.39 is 50.9 Å². The Hall–Kier alpha value is -1.66. The Morgan fingerprint density at radius 3 is 2.13 bits per heavy atom. The molecule has 2 rings (SSSR count). The molecule has 0 bridgehead atoms. The van der Waals surface area contributed by atoms with E-state index in [9.17, 15) is 24.4 Å². The summed E-state index contributed by atoms with van der Waals surface area (Å²) in [5, 5.41) is 12.8. The van der Waals surface area contributed by atoms with Crippen LogP contribution < -0.4 is 22.1 Å². The molecule has 5 atom stereocenters. The molecule has 0 aromatic carbocycles. The van der Waals surface area contributed by atoms with Crippen LogP contribution in [0.3, 0.4) is 0 Å². The zero-order chi connectivity index (χ0) is 32.9. The molecule has 1 saturated heterocycles. The predicted molar refractivity (Wildman–Crippen MR) is 177 cm³/mol. The molecule has 1 aromatic heterocycles. The van der Waals surface area contributed by atoms with Gasteiger partial charge in [0, 0.05) is 31.3 Å². The topological polar surface area (TPSA) is 178 Å². The number of amides is 1. The number of hydrogen-bond donors (Lipinski definition) is 5. The van der Waals surface area contributed by atoms with Gasteiger partial charge in [0.15, 0.2) is 6.23 Å². The second kappa shape index (κ2) is 23.6. The van der Waals surface area contributed by atoms with Crippen LogP contribution in [0.2, 0.25) is 0 Å². The van der Waals surface area contributed by atoms with Gasteiger partial charge in [-0.15, -0.1) is 0 Å². The van der Waals surface area contributed by atoms with Gasteiger partial charge in [-0.2, -0.15) is 0 Å². The van der Waals surface area contributed by atoms with Crippen molar-refractivity contribution in [1.29, 1.82) is 0 Å². The Labute approximate surface area is 269 Å². The van der Waals surface area contributed by atoms with Crippen molar-refractivity contribution in [3.05, 3.63) is 32.6 Å². The third-order valence-electron chi connectivity index (χ3n) is 8.33. The highest BCUT2D eigenvalue weighted by Crippen LogP contribution is 2.38. The number of nitrogens with two attached hydrogens (primary N) is 1. The van der Waals surface area contributed by atoms with Crippen LogP contribution in [-0.4, -0.2) is 63.5 Å². The first-order chi connectivity index (χ1) is 21.8. The quantitative estimate of drug-likeness (QED) is 0.0688. The van der Waals surface area contributed by atoms with Gasteiger partial charge in [0.05, 0.1) is 6.61 Å². The predicted octanol–water partition coefficient (Wildman–Crippen LogP) is 4.84. The first kappa shape index (κ1) is 39.5. The third-order valence-corrected chi connectivity index (χ3v) is 8.79. The number of nitrogens with one attached hydrogen (secondary N) is 2. The first-order valence-corrected chi connectivity index (χ1v) is 18.4. The molecule has 0 spiro atoms. The van der Waals surface area contributed by atoms with Crippen LogP contribution in [0.1, 0.15) is 134 Å². The molecule has 1 fully saturated rings. The van der Waals surface area contributed by atoms with E-state index in [4.69, 9.17) is 19.5 Å². The Balaban J connectivity index is 1.57. The smallest absolute Gasteiger partial charge is 0.330 e. The number of aliphatic hydroxyl groups excluding tert-OH is 1. The van der Waals surface area contributed by atoms with Crippen molar-refractivity contribution in [2.24, 2.45) is 5.50 Å². The molecule has 6 N–H and O–H groups in total. The normalized spacial score (nSPS) is 20.5. The minimum absolute atomic E-state index is 0.120. The molecule has 1 aliphatic rings. The highest BCUT2D eigenvalue weighted by molar-refractivity contribution is 7.43. The molecule has 0 aliphatic carbocycles. The number of H-pyrrole nitrogens is 1. The van der Waals surface area contributed by atoms with Crippen molar-refractivity contribution in [2.45, 2.75) is 154 Å². The minimum atomic E-state index is -2.27. The number of ether oxygens (including phenoxy) is 2. The molecule has 13 heteroatoms. The number of hydrogen-bond acceptors (Lipinski definition) is 9. The van der Waals surface area contributed by atoms with Gasteiger partial charge in [-0.1, -0.05) is 96.8 Å². The third kappa shape index (κ3) is 15.7. The molecule has 1 aromatic rings. The molecule has 0 radical (unpaired) electrons. The Morgan fingerprint density at radius 2 is 1.53 bits per heavy atom. The number of aryl methyl sites for hydroxylation is 1. The first-order valence-electron chi connectivity index (χ1n) is 17.2. The van der Waals surface area contributed by atoms with Gasteiger partial charge in [-0.3, -0.25) is 24.6 Å². The monoisotopic (exact) mass is 658 g/mol. The van der Waals surface area contributed by atoms with Gasteiger partial charge in [0.1, 0.15) is 18.3 Å². The lowest BCUT2D eigenvalue weighted by Crippen LogP contribution is -2.41. The highest BCUT2D eigenvalue weighted by Gasteiger charge is 2.48. The second-order valence-corrected chi connectivity index (χ2v) is 13.0. The molecular formula is C32H59N4O8P. The van der Waals surface area contributed by atoms with E-state index in [1.165, 1.54) is 81.4 Å². The summed E-state index contributed by atoms with van der Waals surface area (Å²) < 4.78 is 18.6. The number of aromatic nitrogens is 2. The summed E-state index contributed by atoms with van der Waals surface area (Å²) in [6.07, 6.45) is 18.4. The van der Waals surface area contributed by atoms with E-state index >= 15 is 0 Å². The summed E-state index contributed by atoms with van der Waals surface area (Å²) in [5.74, 6) is 0.120. The van der Waals surface area contributed by atoms with Gasteiger partial charge < -0.3 is 29.3 Å². The summed E-state index contributed by atoms with van der Waals surface area (Å²) in [6.45, 7) is 4.35. The van der Waals surface area contributed by atoms with E-state index in [2.05, 4.69) is 17.2 Å². The fourth-order valence-electron chi connectivity index (χ4n) is 5.70. The minimum Gasteiger partial charge on any atom is -0.394 e. The summed E-state index contributed by atoms with van der Waals surface area (Å²) in [7, 11) is -2.27. The standard InChI is InChI=1S/C32H59N4O8P/c1-3-4-5-6-7-8-9-10-11-12-13-14-17-20-27(38)34-21-18-15-16-19-22-42-29-28(44-45(33)41)26(24-37)43-31(29)36-23-25(2)30(39)35-32(36)40/h23,26,28-29,31,37,41H,3-22,24,33H2,1-2H3,(H,34,38)(H,35,39,40)/t26-,28-,29-,31-,45?/m1/s1. The van der Waals surface area contributed by atoms with Crippen LogP contribution in [0, 0.1) is 6.92 Å². The largest absolute Gasteiger partial charge is 0.394 e. The van der Waals surface area contributed by atoms with Crippen molar-refractivity contribution in [1.82, 2.24) is 14.9 Å².